The van der Waals surface area contributed by atoms with E-state index < -0.39 is 22.1 Å². The zero-order valence-corrected chi connectivity index (χ0v) is 19.0. The molecule has 31 heavy (non-hydrogen) atoms. The van der Waals surface area contributed by atoms with Crippen LogP contribution in [0.15, 0.2) is 12.5 Å². The van der Waals surface area contributed by atoms with Crippen LogP contribution >= 0.6 is 0 Å². The molecule has 2 aliphatic rings. The molecular weight excluding hydrogens is 426 g/mol. The van der Waals surface area contributed by atoms with Crippen molar-refractivity contribution in [1.82, 2.24) is 14.9 Å². The number of hydrogen-bond donors (Lipinski definition) is 3. The first kappa shape index (κ1) is 25.3. The molecule has 0 bridgehead atoms. The van der Waals surface area contributed by atoms with Crippen molar-refractivity contribution in [3.8, 4) is 0 Å². The maximum Gasteiger partial charge on any atom is 0.358 e. The quantitative estimate of drug-likeness (QED) is 0.428. The van der Waals surface area contributed by atoms with E-state index in [-0.39, 0.29) is 5.97 Å². The Morgan fingerprint density at radius 2 is 1.97 bits per heavy atom. The summed E-state index contributed by atoms with van der Waals surface area (Å²) in [5, 5.41) is 12.8. The Morgan fingerprint density at radius 1 is 1.29 bits per heavy atom. The summed E-state index contributed by atoms with van der Waals surface area (Å²) in [6.45, 7) is 5.07. The first-order chi connectivity index (χ1) is 14.5. The Bertz CT molecular complexity index is 847. The molecule has 1 aliphatic heterocycles. The minimum Gasteiger partial charge on any atom is -0.480 e. The number of nitrogens with zero attached hydrogens (tertiary/aromatic N) is 2. The van der Waals surface area contributed by atoms with Crippen LogP contribution in [-0.4, -0.2) is 64.5 Å². The van der Waals surface area contributed by atoms with Crippen LogP contribution in [-0.2, 0) is 26.2 Å². The van der Waals surface area contributed by atoms with Gasteiger partial charge in [-0.3, -0.25) is 9.35 Å². The SMILES string of the molecule is CCOC(=O)c1cn(C[C@H]2CC[C@H]3C(CC)N[C@H](C(=O)O)C[C@H]3C2)cn1.CS(=O)(=O)O. The maximum absolute atomic E-state index is 11.7. The fourth-order valence-corrected chi connectivity index (χ4v) is 4.77. The number of carbonyl (C=O) groups excluding carboxylic acids is 1. The van der Waals surface area contributed by atoms with Crippen LogP contribution in [0.4, 0.5) is 0 Å². The normalized spacial score (nSPS) is 28.1. The molecule has 1 saturated heterocycles. The van der Waals surface area contributed by atoms with Gasteiger partial charge in [0.15, 0.2) is 5.69 Å². The predicted octanol–water partition coefficient (Wildman–Crippen LogP) is 1.82. The minimum atomic E-state index is -3.67. The molecule has 0 spiro atoms. The van der Waals surface area contributed by atoms with Gasteiger partial charge in [-0.2, -0.15) is 8.42 Å². The third-order valence-corrected chi connectivity index (χ3v) is 5.95. The van der Waals surface area contributed by atoms with Crippen molar-refractivity contribution in [2.45, 2.75) is 64.6 Å². The molecule has 0 radical (unpaired) electrons. The van der Waals surface area contributed by atoms with Crippen LogP contribution in [0.2, 0.25) is 0 Å². The Labute approximate surface area is 183 Å². The number of ether oxygens (including phenoxy) is 1. The number of carbonyl (C=O) groups is 2. The average Bonchev–Trinajstić information content (AvgIpc) is 3.14. The summed E-state index contributed by atoms with van der Waals surface area (Å²) in [5.74, 6) is 0.394. The highest BCUT2D eigenvalue weighted by Crippen LogP contribution is 2.42. The van der Waals surface area contributed by atoms with Gasteiger partial charge >= 0.3 is 11.9 Å². The van der Waals surface area contributed by atoms with Gasteiger partial charge in [0.1, 0.15) is 6.04 Å². The molecule has 2 fully saturated rings. The van der Waals surface area contributed by atoms with Gasteiger partial charge in [-0.15, -0.1) is 0 Å². The molecule has 11 heteroatoms. The maximum atomic E-state index is 11.7. The molecule has 3 N–H and O–H groups in total. The fourth-order valence-electron chi connectivity index (χ4n) is 4.77. The van der Waals surface area contributed by atoms with Crippen molar-refractivity contribution < 1.29 is 32.4 Å². The number of aromatic nitrogens is 2. The summed E-state index contributed by atoms with van der Waals surface area (Å²) in [5.41, 5.74) is 0.347. The molecule has 1 saturated carbocycles. The van der Waals surface area contributed by atoms with Crippen LogP contribution in [0.1, 0.15) is 56.4 Å². The van der Waals surface area contributed by atoms with E-state index in [1.807, 2.05) is 4.57 Å². The second-order valence-corrected chi connectivity index (χ2v) is 9.79. The first-order valence-electron chi connectivity index (χ1n) is 10.6. The molecule has 1 aliphatic carbocycles. The van der Waals surface area contributed by atoms with Crippen LogP contribution in [0.25, 0.3) is 0 Å². The van der Waals surface area contributed by atoms with Gasteiger partial charge in [0, 0.05) is 18.8 Å². The Kier molecular flexibility index (Phi) is 9.01. The fraction of sp³-hybridized carbons (Fsp3) is 0.750. The average molecular weight is 460 g/mol. The van der Waals surface area contributed by atoms with Crippen LogP contribution < -0.4 is 5.32 Å². The number of imidazole rings is 1. The zero-order valence-electron chi connectivity index (χ0n) is 18.2. The largest absolute Gasteiger partial charge is 0.480 e. The van der Waals surface area contributed by atoms with Gasteiger partial charge < -0.3 is 19.7 Å². The van der Waals surface area contributed by atoms with Crippen LogP contribution in [0.3, 0.4) is 0 Å². The number of nitrogens with one attached hydrogen (secondary N) is 1. The minimum absolute atomic E-state index is 0.305. The highest BCUT2D eigenvalue weighted by Gasteiger charge is 2.42. The van der Waals surface area contributed by atoms with Crippen molar-refractivity contribution >= 4 is 22.1 Å². The molecule has 1 unspecified atom stereocenters. The Hall–Kier alpha value is -1.98. The summed E-state index contributed by atoms with van der Waals surface area (Å²) in [4.78, 5) is 27.4. The van der Waals surface area contributed by atoms with Gasteiger partial charge in [0.2, 0.25) is 0 Å². The topological polar surface area (TPSA) is 148 Å². The lowest BCUT2D eigenvalue weighted by molar-refractivity contribution is -0.142. The Morgan fingerprint density at radius 3 is 2.55 bits per heavy atom. The highest BCUT2D eigenvalue weighted by atomic mass is 32.2. The predicted molar refractivity (Wildman–Crippen MR) is 113 cm³/mol. The standard InChI is InChI=1S/C19H29N3O4.CH4O3S/c1-3-15-14-6-5-12(7-13(14)8-16(21-15)18(23)24)9-22-10-17(20-11-22)19(25)26-4-2;1-5(2,3)4/h10-16,21H,3-9H2,1-2H3,(H,23,24);1H3,(H,2,3,4)/t12-,13+,14+,15?,16-;/m0./s1. The lowest BCUT2D eigenvalue weighted by Gasteiger charge is -2.46. The number of aliphatic carboxylic acids is 1. The summed E-state index contributed by atoms with van der Waals surface area (Å²) in [6, 6.07) is -0.122. The summed E-state index contributed by atoms with van der Waals surface area (Å²) < 4.78 is 32.8. The third kappa shape index (κ3) is 7.89. The van der Waals surface area contributed by atoms with Crippen molar-refractivity contribution in [1.29, 1.82) is 0 Å². The van der Waals surface area contributed by atoms with E-state index in [1.54, 1.807) is 19.4 Å². The summed E-state index contributed by atoms with van der Waals surface area (Å²) in [7, 11) is -3.67. The van der Waals surface area contributed by atoms with Gasteiger partial charge in [-0.25, -0.2) is 9.78 Å². The lowest BCUT2D eigenvalue weighted by atomic mass is 9.66. The van der Waals surface area contributed by atoms with E-state index in [0.29, 0.717) is 48.8 Å². The lowest BCUT2D eigenvalue weighted by Crippen LogP contribution is -2.55. The molecule has 0 aromatic carbocycles. The van der Waals surface area contributed by atoms with Gasteiger partial charge in [0.05, 0.1) is 19.2 Å². The zero-order chi connectivity index (χ0) is 23.2. The Balaban J connectivity index is 0.000000614. The molecule has 10 nitrogen and oxygen atoms in total. The molecule has 1 aromatic heterocycles. The number of hydrogen-bond acceptors (Lipinski definition) is 7. The van der Waals surface area contributed by atoms with E-state index in [4.69, 9.17) is 9.29 Å². The summed E-state index contributed by atoms with van der Waals surface area (Å²) in [6.07, 6.45) is 9.14. The van der Waals surface area contributed by atoms with Crippen LogP contribution in [0, 0.1) is 17.8 Å². The van der Waals surface area contributed by atoms with Gasteiger partial charge in [-0.1, -0.05) is 6.92 Å². The first-order valence-corrected chi connectivity index (χ1v) is 12.5. The highest BCUT2D eigenvalue weighted by molar-refractivity contribution is 7.85. The summed E-state index contributed by atoms with van der Waals surface area (Å²) >= 11 is 0. The smallest absolute Gasteiger partial charge is 0.358 e. The number of piperidine rings is 1. The van der Waals surface area contributed by atoms with E-state index >= 15 is 0 Å². The molecular formula is C20H33N3O7S. The number of fused-ring (bicyclic) bond motifs is 1. The van der Waals surface area contributed by atoms with E-state index in [1.165, 1.54) is 0 Å². The van der Waals surface area contributed by atoms with Crippen molar-refractivity contribution in [3.05, 3.63) is 18.2 Å². The molecule has 0 amide bonds. The van der Waals surface area contributed by atoms with Gasteiger partial charge in [-0.05, 0) is 56.8 Å². The van der Waals surface area contributed by atoms with E-state index in [0.717, 1.165) is 32.2 Å². The van der Waals surface area contributed by atoms with E-state index in [9.17, 15) is 23.1 Å². The molecule has 3 rings (SSSR count). The number of carboxylic acid groups (broad SMARTS) is 1. The molecule has 176 valence electrons. The van der Waals surface area contributed by atoms with Crippen molar-refractivity contribution in [3.63, 3.8) is 0 Å². The van der Waals surface area contributed by atoms with Crippen molar-refractivity contribution in [2.24, 2.45) is 17.8 Å². The second kappa shape index (κ2) is 11.1. The number of rotatable bonds is 6. The monoisotopic (exact) mass is 459 g/mol. The van der Waals surface area contributed by atoms with E-state index in [2.05, 4.69) is 17.2 Å². The molecule has 1 aromatic rings. The van der Waals surface area contributed by atoms with Gasteiger partial charge in [0.25, 0.3) is 10.1 Å². The number of esters is 1. The second-order valence-electron chi connectivity index (χ2n) is 8.32. The number of carboxylic acids is 1. The molecule has 2 heterocycles. The molecule has 5 atom stereocenters. The van der Waals surface area contributed by atoms with Crippen LogP contribution in [0.5, 0.6) is 0 Å². The third-order valence-electron chi connectivity index (χ3n) is 5.95. The van der Waals surface area contributed by atoms with Crippen molar-refractivity contribution in [2.75, 3.05) is 12.9 Å².